The standard InChI is InChI=1S/C43H44Cl2FN3O4/c44-28-17-22-32-34(25-28)48-41(53)43(32)35(31-15-10-16-33(45)36(31)46)38(40(52)47-29-18-20-30(50)21-19-29)49(42(43)23-8-3-9-24-42)37(26-11-4-1-5-12-26)39(51)27-13-6-2-7-14-27/h1-2,4-7,10-17,22,25,29-30,35,37-39,50-51H,3,8-9,18-21,23-24H2,(H,47,52)(H,48,53)/t29-,30-,35-,37+,38+,39-,43?/m0/s1. The maximum absolute atomic E-state index is 16.9. The molecule has 8 rings (SSSR count). The van der Waals surface area contributed by atoms with Gasteiger partial charge in [0.25, 0.3) is 0 Å². The summed E-state index contributed by atoms with van der Waals surface area (Å²) in [5.41, 5.74) is 0.208. The fourth-order valence-electron chi connectivity index (χ4n) is 10.4. The van der Waals surface area contributed by atoms with Gasteiger partial charge >= 0.3 is 0 Å². The van der Waals surface area contributed by atoms with E-state index in [2.05, 4.69) is 15.5 Å². The van der Waals surface area contributed by atoms with Gasteiger partial charge in [0, 0.05) is 28.2 Å². The molecule has 0 aromatic heterocycles. The molecule has 2 aliphatic heterocycles. The average molecular weight is 757 g/mol. The molecule has 4 N–H and O–H groups in total. The Labute approximate surface area is 319 Å². The lowest BCUT2D eigenvalue weighted by Crippen LogP contribution is -2.63. The van der Waals surface area contributed by atoms with Gasteiger partial charge < -0.3 is 20.8 Å². The van der Waals surface area contributed by atoms with Gasteiger partial charge in [0.05, 0.1) is 29.3 Å². The third-order valence-electron chi connectivity index (χ3n) is 12.5. The largest absolute Gasteiger partial charge is 0.393 e. The highest BCUT2D eigenvalue weighted by Crippen LogP contribution is 2.69. The summed E-state index contributed by atoms with van der Waals surface area (Å²) in [6.45, 7) is 0. The van der Waals surface area contributed by atoms with Gasteiger partial charge in [-0.25, -0.2) is 4.39 Å². The second-order valence-corrected chi connectivity index (χ2v) is 16.1. The molecule has 1 unspecified atom stereocenters. The average Bonchev–Trinajstić information content (AvgIpc) is 3.59. The van der Waals surface area contributed by atoms with Gasteiger partial charge in [-0.2, -0.15) is 0 Å². The van der Waals surface area contributed by atoms with Crippen LogP contribution >= 0.6 is 23.2 Å². The van der Waals surface area contributed by atoms with Crippen LogP contribution in [0, 0.1) is 5.82 Å². The van der Waals surface area contributed by atoms with E-state index in [1.807, 2.05) is 66.7 Å². The van der Waals surface area contributed by atoms with Gasteiger partial charge in [-0.3, -0.25) is 14.5 Å². The van der Waals surface area contributed by atoms with Crippen molar-refractivity contribution in [2.45, 2.75) is 105 Å². The van der Waals surface area contributed by atoms with Crippen LogP contribution in [0.3, 0.4) is 0 Å². The predicted molar refractivity (Wildman–Crippen MR) is 204 cm³/mol. The first kappa shape index (κ1) is 36.2. The summed E-state index contributed by atoms with van der Waals surface area (Å²) in [4.78, 5) is 33.0. The highest BCUT2D eigenvalue weighted by molar-refractivity contribution is 6.31. The second kappa shape index (κ2) is 14.5. The Bertz CT molecular complexity index is 1990. The van der Waals surface area contributed by atoms with Crippen molar-refractivity contribution < 1.29 is 24.2 Å². The van der Waals surface area contributed by atoms with Crippen LogP contribution in [0.25, 0.3) is 0 Å². The number of aliphatic hydroxyl groups is 2. The van der Waals surface area contributed by atoms with E-state index in [-0.39, 0.29) is 28.4 Å². The summed E-state index contributed by atoms with van der Waals surface area (Å²) in [5.74, 6) is -2.43. The lowest BCUT2D eigenvalue weighted by Gasteiger charge is -2.53. The molecule has 10 heteroatoms. The minimum Gasteiger partial charge on any atom is -0.393 e. The summed E-state index contributed by atoms with van der Waals surface area (Å²) in [5, 5.41) is 29.9. The number of benzene rings is 4. The number of halogens is 3. The smallest absolute Gasteiger partial charge is 0.238 e. The van der Waals surface area contributed by atoms with E-state index in [1.165, 1.54) is 6.07 Å². The third kappa shape index (κ3) is 5.89. The van der Waals surface area contributed by atoms with Gasteiger partial charge in [-0.1, -0.05) is 121 Å². The first-order chi connectivity index (χ1) is 25.7. The van der Waals surface area contributed by atoms with E-state index < -0.39 is 47.0 Å². The van der Waals surface area contributed by atoms with Crippen molar-refractivity contribution in [1.29, 1.82) is 0 Å². The molecule has 7 nitrogen and oxygen atoms in total. The molecule has 0 radical (unpaired) electrons. The highest BCUT2D eigenvalue weighted by atomic mass is 35.5. The predicted octanol–water partition coefficient (Wildman–Crippen LogP) is 8.39. The van der Waals surface area contributed by atoms with E-state index >= 15 is 14.0 Å². The van der Waals surface area contributed by atoms with Gasteiger partial charge in [-0.05, 0) is 79.0 Å². The number of carbonyl (C=O) groups excluding carboxylic acids is 2. The molecule has 2 saturated carbocycles. The number of aliphatic hydroxyl groups excluding tert-OH is 2. The van der Waals surface area contributed by atoms with Crippen molar-refractivity contribution in [1.82, 2.24) is 10.2 Å². The molecule has 2 spiro atoms. The molecule has 2 aliphatic carbocycles. The van der Waals surface area contributed by atoms with Crippen molar-refractivity contribution >= 4 is 40.7 Å². The summed E-state index contributed by atoms with van der Waals surface area (Å²) >= 11 is 13.1. The van der Waals surface area contributed by atoms with Crippen LogP contribution in [0.1, 0.15) is 98.1 Å². The van der Waals surface area contributed by atoms with Crippen molar-refractivity contribution in [3.8, 4) is 0 Å². The number of nitrogens with one attached hydrogen (secondary N) is 2. The Morgan fingerprint density at radius 3 is 2.21 bits per heavy atom. The van der Waals surface area contributed by atoms with Crippen LogP contribution in [0.5, 0.6) is 0 Å². The van der Waals surface area contributed by atoms with E-state index in [4.69, 9.17) is 23.2 Å². The second-order valence-electron chi connectivity index (χ2n) is 15.2. The minimum atomic E-state index is -1.49. The van der Waals surface area contributed by atoms with Crippen LogP contribution in [0.4, 0.5) is 10.1 Å². The van der Waals surface area contributed by atoms with Gasteiger partial charge in [0.1, 0.15) is 11.2 Å². The van der Waals surface area contributed by atoms with Gasteiger partial charge in [-0.15, -0.1) is 0 Å². The third-order valence-corrected chi connectivity index (χ3v) is 13.0. The van der Waals surface area contributed by atoms with Crippen LogP contribution < -0.4 is 10.6 Å². The molecular weight excluding hydrogens is 712 g/mol. The number of carbonyl (C=O) groups is 2. The quantitative estimate of drug-likeness (QED) is 0.152. The number of hydrogen-bond acceptors (Lipinski definition) is 5. The number of likely N-dealkylation sites (tertiary alicyclic amines) is 1. The number of rotatable bonds is 7. The van der Waals surface area contributed by atoms with Gasteiger partial charge in [0.2, 0.25) is 11.8 Å². The SMILES string of the molecule is O=C(N[C@H]1CC[C@H](O)CC1)[C@H]1[C@H](c2cccc(Cl)c2F)C2(C(=O)Nc3cc(Cl)ccc32)C2(CCCCC2)N1[C@H](c1ccccc1)[C@@H](O)c1ccccc1. The normalized spacial score (nSPS) is 27.7. The number of hydrogen-bond donors (Lipinski definition) is 4. The number of nitrogens with zero attached hydrogens (tertiary/aromatic N) is 1. The van der Waals surface area contributed by atoms with Crippen molar-refractivity contribution in [2.24, 2.45) is 0 Å². The van der Waals surface area contributed by atoms with Crippen LogP contribution in [-0.4, -0.2) is 50.7 Å². The van der Waals surface area contributed by atoms with Crippen molar-refractivity contribution in [2.75, 3.05) is 5.32 Å². The summed E-state index contributed by atoms with van der Waals surface area (Å²) in [7, 11) is 0. The Hall–Kier alpha value is -3.79. The first-order valence-corrected chi connectivity index (χ1v) is 19.5. The lowest BCUT2D eigenvalue weighted by molar-refractivity contribution is -0.135. The maximum Gasteiger partial charge on any atom is 0.238 e. The molecular formula is C43H44Cl2FN3O4. The molecule has 5 atom stereocenters. The molecule has 2 heterocycles. The fraction of sp³-hybridized carbons (Fsp3) is 0.395. The number of fused-ring (bicyclic) bond motifs is 3. The number of amides is 2. The van der Waals surface area contributed by atoms with Crippen molar-refractivity contribution in [3.05, 3.63) is 135 Å². The molecule has 2 amide bonds. The molecule has 53 heavy (non-hydrogen) atoms. The number of anilines is 1. The molecule has 1 saturated heterocycles. The molecule has 3 fully saturated rings. The van der Waals surface area contributed by atoms with E-state index in [0.29, 0.717) is 60.4 Å². The summed E-state index contributed by atoms with van der Waals surface area (Å²) in [6, 6.07) is 27.0. The van der Waals surface area contributed by atoms with E-state index in [0.717, 1.165) is 24.8 Å². The first-order valence-electron chi connectivity index (χ1n) is 18.8. The molecule has 276 valence electrons. The Kier molecular flexibility index (Phi) is 9.87. The molecule has 4 aliphatic rings. The Balaban J connectivity index is 1.46. The fourth-order valence-corrected chi connectivity index (χ4v) is 10.7. The Morgan fingerprint density at radius 2 is 1.53 bits per heavy atom. The van der Waals surface area contributed by atoms with Crippen molar-refractivity contribution in [3.63, 3.8) is 0 Å². The summed E-state index contributed by atoms with van der Waals surface area (Å²) < 4.78 is 16.9. The topological polar surface area (TPSA) is 102 Å². The monoisotopic (exact) mass is 755 g/mol. The highest BCUT2D eigenvalue weighted by Gasteiger charge is 2.76. The van der Waals surface area contributed by atoms with Crippen LogP contribution in [0.15, 0.2) is 97.1 Å². The summed E-state index contributed by atoms with van der Waals surface area (Å²) in [6.07, 6.45) is 4.20. The Morgan fingerprint density at radius 1 is 0.868 bits per heavy atom. The van der Waals surface area contributed by atoms with E-state index in [9.17, 15) is 10.2 Å². The molecule has 4 aromatic rings. The zero-order chi connectivity index (χ0) is 36.9. The van der Waals surface area contributed by atoms with Gasteiger partial charge in [0.15, 0.2) is 0 Å². The van der Waals surface area contributed by atoms with Crippen LogP contribution in [-0.2, 0) is 15.0 Å². The lowest BCUT2D eigenvalue weighted by atomic mass is 9.55. The van der Waals surface area contributed by atoms with Crippen LogP contribution in [0.2, 0.25) is 10.0 Å². The zero-order valence-electron chi connectivity index (χ0n) is 29.4. The maximum atomic E-state index is 16.9. The minimum absolute atomic E-state index is 0.104. The molecule has 4 aromatic carbocycles. The molecule has 0 bridgehead atoms. The zero-order valence-corrected chi connectivity index (χ0v) is 30.9. The van der Waals surface area contributed by atoms with E-state index in [1.54, 1.807) is 24.3 Å².